The van der Waals surface area contributed by atoms with Crippen molar-refractivity contribution in [2.45, 2.75) is 32.7 Å². The Morgan fingerprint density at radius 3 is 2.69 bits per heavy atom. The second-order valence-electron chi connectivity index (χ2n) is 3.29. The van der Waals surface area contributed by atoms with Gasteiger partial charge in [0.2, 0.25) is 5.89 Å². The summed E-state index contributed by atoms with van der Waals surface area (Å²) in [5, 5.41) is 14.5. The highest BCUT2D eigenvalue weighted by Crippen LogP contribution is 2.00. The number of carbonyl (C=O) groups excluding carboxylic acids is 1. The number of aliphatic carboxylic acids is 1. The number of aryl methyl sites for hydroxylation is 1. The van der Waals surface area contributed by atoms with Crippen molar-refractivity contribution in [2.24, 2.45) is 0 Å². The van der Waals surface area contributed by atoms with Gasteiger partial charge in [-0.2, -0.15) is 4.98 Å². The second-order valence-corrected chi connectivity index (χ2v) is 3.29. The van der Waals surface area contributed by atoms with E-state index in [1.54, 1.807) is 6.92 Å². The van der Waals surface area contributed by atoms with E-state index in [0.29, 0.717) is 12.8 Å². The SMILES string of the molecule is CCCC(NC(=O)c1noc(C)n1)C(=O)O. The molecular weight excluding hydrogens is 214 g/mol. The van der Waals surface area contributed by atoms with Crippen LogP contribution in [0.5, 0.6) is 0 Å². The van der Waals surface area contributed by atoms with E-state index in [2.05, 4.69) is 20.0 Å². The highest BCUT2D eigenvalue weighted by molar-refractivity contribution is 5.93. The summed E-state index contributed by atoms with van der Waals surface area (Å²) in [6.07, 6.45) is 1.01. The minimum Gasteiger partial charge on any atom is -0.480 e. The molecule has 0 aliphatic rings. The van der Waals surface area contributed by atoms with E-state index in [9.17, 15) is 9.59 Å². The first-order valence-electron chi connectivity index (χ1n) is 4.88. The number of hydrogen-bond donors (Lipinski definition) is 2. The Labute approximate surface area is 91.8 Å². The predicted molar refractivity (Wildman–Crippen MR) is 52.8 cm³/mol. The summed E-state index contributed by atoms with van der Waals surface area (Å²) >= 11 is 0. The number of aromatic nitrogens is 2. The van der Waals surface area contributed by atoms with Crippen LogP contribution in [-0.4, -0.2) is 33.2 Å². The van der Waals surface area contributed by atoms with Crippen LogP contribution in [0.15, 0.2) is 4.52 Å². The quantitative estimate of drug-likeness (QED) is 0.752. The van der Waals surface area contributed by atoms with Gasteiger partial charge in [-0.3, -0.25) is 4.79 Å². The Bertz CT molecular complexity index is 388. The fourth-order valence-corrected chi connectivity index (χ4v) is 1.16. The molecule has 0 saturated carbocycles. The summed E-state index contributed by atoms with van der Waals surface area (Å²) in [6, 6.07) is -0.920. The number of nitrogens with one attached hydrogen (secondary N) is 1. The first-order chi connectivity index (χ1) is 7.54. The Balaban J connectivity index is 2.65. The smallest absolute Gasteiger partial charge is 0.326 e. The number of hydrogen-bond acceptors (Lipinski definition) is 5. The fourth-order valence-electron chi connectivity index (χ4n) is 1.16. The first-order valence-corrected chi connectivity index (χ1v) is 4.88. The van der Waals surface area contributed by atoms with Gasteiger partial charge in [0.05, 0.1) is 0 Å². The van der Waals surface area contributed by atoms with Crippen molar-refractivity contribution in [1.29, 1.82) is 0 Å². The maximum absolute atomic E-state index is 11.5. The van der Waals surface area contributed by atoms with Crippen LogP contribution in [0, 0.1) is 6.92 Å². The number of amides is 1. The molecule has 1 heterocycles. The molecule has 1 amide bonds. The molecule has 1 aromatic heterocycles. The Morgan fingerprint density at radius 2 is 2.25 bits per heavy atom. The number of rotatable bonds is 5. The van der Waals surface area contributed by atoms with Crippen LogP contribution in [0.1, 0.15) is 36.3 Å². The van der Waals surface area contributed by atoms with Crippen LogP contribution in [0.25, 0.3) is 0 Å². The highest BCUT2D eigenvalue weighted by Gasteiger charge is 2.22. The lowest BCUT2D eigenvalue weighted by Crippen LogP contribution is -2.41. The molecule has 2 N–H and O–H groups in total. The molecule has 0 saturated heterocycles. The molecule has 7 nitrogen and oxygen atoms in total. The van der Waals surface area contributed by atoms with E-state index < -0.39 is 17.9 Å². The average Bonchev–Trinajstić information content (AvgIpc) is 2.64. The minimum atomic E-state index is -1.07. The van der Waals surface area contributed by atoms with Crippen LogP contribution >= 0.6 is 0 Å². The zero-order valence-electron chi connectivity index (χ0n) is 9.06. The molecule has 7 heteroatoms. The van der Waals surface area contributed by atoms with Crippen molar-refractivity contribution < 1.29 is 19.2 Å². The standard InChI is InChI=1S/C9H13N3O4/c1-3-4-6(9(14)15)11-8(13)7-10-5(2)16-12-7/h6H,3-4H2,1-2H3,(H,11,13)(H,14,15). The van der Waals surface area contributed by atoms with Crippen molar-refractivity contribution in [3.63, 3.8) is 0 Å². The third-order valence-electron chi connectivity index (χ3n) is 1.91. The molecule has 88 valence electrons. The van der Waals surface area contributed by atoms with Gasteiger partial charge in [0, 0.05) is 6.92 Å². The molecule has 1 aromatic rings. The maximum Gasteiger partial charge on any atom is 0.326 e. The van der Waals surface area contributed by atoms with Crippen LogP contribution < -0.4 is 5.32 Å². The normalized spacial score (nSPS) is 12.1. The molecule has 0 fully saturated rings. The van der Waals surface area contributed by atoms with E-state index >= 15 is 0 Å². The van der Waals surface area contributed by atoms with Gasteiger partial charge in [-0.25, -0.2) is 4.79 Å². The van der Waals surface area contributed by atoms with Crippen molar-refractivity contribution in [2.75, 3.05) is 0 Å². The van der Waals surface area contributed by atoms with E-state index in [0.717, 1.165) is 0 Å². The van der Waals surface area contributed by atoms with E-state index in [1.165, 1.54) is 0 Å². The molecule has 0 aliphatic heterocycles. The van der Waals surface area contributed by atoms with Gasteiger partial charge in [-0.15, -0.1) is 0 Å². The Kier molecular flexibility index (Phi) is 3.98. The summed E-state index contributed by atoms with van der Waals surface area (Å²) in [7, 11) is 0. The van der Waals surface area contributed by atoms with Crippen molar-refractivity contribution in [3.05, 3.63) is 11.7 Å². The lowest BCUT2D eigenvalue weighted by atomic mass is 10.1. The monoisotopic (exact) mass is 227 g/mol. The summed E-state index contributed by atoms with van der Waals surface area (Å²) in [6.45, 7) is 3.38. The third-order valence-corrected chi connectivity index (χ3v) is 1.91. The van der Waals surface area contributed by atoms with E-state index in [1.807, 2.05) is 6.92 Å². The third kappa shape index (κ3) is 3.04. The molecule has 1 rings (SSSR count). The lowest BCUT2D eigenvalue weighted by Gasteiger charge is -2.11. The van der Waals surface area contributed by atoms with Crippen molar-refractivity contribution >= 4 is 11.9 Å². The molecule has 0 spiro atoms. The van der Waals surface area contributed by atoms with Gasteiger partial charge in [0.1, 0.15) is 6.04 Å². The molecule has 16 heavy (non-hydrogen) atoms. The molecule has 1 atom stereocenters. The Morgan fingerprint density at radius 1 is 1.56 bits per heavy atom. The molecule has 0 aromatic carbocycles. The fraction of sp³-hybridized carbons (Fsp3) is 0.556. The first kappa shape index (κ1) is 12.2. The van der Waals surface area contributed by atoms with Crippen molar-refractivity contribution in [3.8, 4) is 0 Å². The van der Waals surface area contributed by atoms with Gasteiger partial charge in [0.25, 0.3) is 11.7 Å². The highest BCUT2D eigenvalue weighted by atomic mass is 16.5. The predicted octanol–water partition coefficient (Wildman–Crippen LogP) is 0.361. The summed E-state index contributed by atoms with van der Waals surface area (Å²) in [5.41, 5.74) is 0. The zero-order valence-corrected chi connectivity index (χ0v) is 9.06. The van der Waals surface area contributed by atoms with Gasteiger partial charge < -0.3 is 14.9 Å². The minimum absolute atomic E-state index is 0.153. The van der Waals surface area contributed by atoms with Gasteiger partial charge in [-0.1, -0.05) is 18.5 Å². The van der Waals surface area contributed by atoms with Crippen LogP contribution in [-0.2, 0) is 4.79 Å². The van der Waals surface area contributed by atoms with E-state index in [4.69, 9.17) is 5.11 Å². The second kappa shape index (κ2) is 5.24. The van der Waals surface area contributed by atoms with Crippen molar-refractivity contribution in [1.82, 2.24) is 15.5 Å². The maximum atomic E-state index is 11.5. The number of nitrogens with zero attached hydrogens (tertiary/aromatic N) is 2. The summed E-state index contributed by atoms with van der Waals surface area (Å²) < 4.78 is 4.62. The summed E-state index contributed by atoms with van der Waals surface area (Å²) in [4.78, 5) is 26.0. The molecular formula is C9H13N3O4. The van der Waals surface area contributed by atoms with E-state index in [-0.39, 0.29) is 11.7 Å². The summed E-state index contributed by atoms with van der Waals surface area (Å²) in [5.74, 6) is -1.61. The topological polar surface area (TPSA) is 105 Å². The van der Waals surface area contributed by atoms with Crippen LogP contribution in [0.4, 0.5) is 0 Å². The van der Waals surface area contributed by atoms with Crippen LogP contribution in [0.2, 0.25) is 0 Å². The number of carboxylic acid groups (broad SMARTS) is 1. The molecule has 0 aliphatic carbocycles. The number of carboxylic acids is 1. The Hall–Kier alpha value is -1.92. The number of carbonyl (C=O) groups is 2. The van der Waals surface area contributed by atoms with Gasteiger partial charge in [-0.05, 0) is 6.42 Å². The average molecular weight is 227 g/mol. The van der Waals surface area contributed by atoms with Crippen LogP contribution in [0.3, 0.4) is 0 Å². The molecule has 1 unspecified atom stereocenters. The molecule has 0 bridgehead atoms. The van der Waals surface area contributed by atoms with Gasteiger partial charge >= 0.3 is 5.97 Å². The lowest BCUT2D eigenvalue weighted by molar-refractivity contribution is -0.139. The zero-order chi connectivity index (χ0) is 12.1. The largest absolute Gasteiger partial charge is 0.480 e. The molecule has 0 radical (unpaired) electrons. The van der Waals surface area contributed by atoms with Gasteiger partial charge in [0.15, 0.2) is 0 Å².